The normalized spacial score (nSPS) is 27.7. The molecule has 3 rings (SSSR count). The van der Waals surface area contributed by atoms with Crippen LogP contribution >= 0.6 is 0 Å². The summed E-state index contributed by atoms with van der Waals surface area (Å²) < 4.78 is 52.3. The summed E-state index contributed by atoms with van der Waals surface area (Å²) >= 11 is 0. The lowest BCUT2D eigenvalue weighted by atomic mass is 9.83. The van der Waals surface area contributed by atoms with Gasteiger partial charge in [-0.1, -0.05) is 13.3 Å². The van der Waals surface area contributed by atoms with Crippen molar-refractivity contribution in [2.24, 2.45) is 22.6 Å². The molecule has 3 aliphatic rings. The van der Waals surface area contributed by atoms with Crippen LogP contribution in [0.25, 0.3) is 0 Å². The first-order valence-corrected chi connectivity index (χ1v) is 11.2. The Balaban J connectivity index is 2.00. The lowest BCUT2D eigenvalue weighted by Crippen LogP contribution is -2.57. The van der Waals surface area contributed by atoms with E-state index in [0.717, 1.165) is 43.9 Å². The molecule has 0 aromatic rings. The average Bonchev–Trinajstić information content (AvgIpc) is 2.78. The molecule has 3 atom stereocenters. The van der Waals surface area contributed by atoms with E-state index >= 15 is 0 Å². The van der Waals surface area contributed by atoms with Crippen molar-refractivity contribution < 1.29 is 22.6 Å². The van der Waals surface area contributed by atoms with Crippen molar-refractivity contribution in [1.82, 2.24) is 9.80 Å². The summed E-state index contributed by atoms with van der Waals surface area (Å²) in [6, 6.07) is 0. The van der Waals surface area contributed by atoms with Crippen molar-refractivity contribution in [3.63, 3.8) is 0 Å². The Morgan fingerprint density at radius 2 is 1.78 bits per heavy atom. The van der Waals surface area contributed by atoms with E-state index in [4.69, 9.17) is 20.6 Å². The third kappa shape index (κ3) is 5.52. The van der Waals surface area contributed by atoms with Crippen LogP contribution in [0.4, 0.5) is 13.2 Å². The molecule has 3 heterocycles. The van der Waals surface area contributed by atoms with Crippen molar-refractivity contribution >= 4 is 11.9 Å². The fraction of sp³-hybridized carbons (Fsp3) is 0.727. The number of nitrogens with zero attached hydrogens (tertiary/aromatic N) is 3. The number of ether oxygens (including phenoxy) is 2. The molecule has 0 radical (unpaired) electrons. The van der Waals surface area contributed by atoms with Gasteiger partial charge in [-0.3, -0.25) is 4.90 Å². The van der Waals surface area contributed by atoms with Gasteiger partial charge in [-0.05, 0) is 25.5 Å². The third-order valence-corrected chi connectivity index (χ3v) is 6.50. The van der Waals surface area contributed by atoms with Gasteiger partial charge in [0.1, 0.15) is 5.82 Å². The van der Waals surface area contributed by atoms with E-state index in [9.17, 15) is 13.2 Å². The highest BCUT2D eigenvalue weighted by atomic mass is 19.4. The van der Waals surface area contributed by atoms with Gasteiger partial charge in [0.05, 0.1) is 43.8 Å². The van der Waals surface area contributed by atoms with Gasteiger partial charge in [0.2, 0.25) is 0 Å². The second kappa shape index (κ2) is 10.4. The molecule has 0 saturated carbocycles. The van der Waals surface area contributed by atoms with Crippen LogP contribution in [0.3, 0.4) is 0 Å². The minimum Gasteiger partial charge on any atom is -0.384 e. The second-order valence-corrected chi connectivity index (χ2v) is 8.67. The molecule has 3 unspecified atom stereocenters. The predicted octanol–water partition coefficient (Wildman–Crippen LogP) is 2.79. The molecule has 3 N–H and O–H groups in total. The maximum absolute atomic E-state index is 13.7. The molecule has 7 nitrogen and oxygen atoms in total. The van der Waals surface area contributed by atoms with Gasteiger partial charge in [-0.2, -0.15) is 13.2 Å². The summed E-state index contributed by atoms with van der Waals surface area (Å²) in [7, 11) is 0. The maximum atomic E-state index is 13.7. The van der Waals surface area contributed by atoms with Crippen LogP contribution in [0.2, 0.25) is 0 Å². The van der Waals surface area contributed by atoms with Gasteiger partial charge in [0, 0.05) is 43.8 Å². The lowest BCUT2D eigenvalue weighted by Gasteiger charge is -2.49. The van der Waals surface area contributed by atoms with Crippen LogP contribution in [-0.4, -0.2) is 86.0 Å². The van der Waals surface area contributed by atoms with Crippen molar-refractivity contribution in [1.29, 1.82) is 5.41 Å². The molecule has 180 valence electrons. The number of aliphatic imine (C=N–C) groups is 1. The van der Waals surface area contributed by atoms with E-state index in [-0.39, 0.29) is 11.5 Å². The first kappa shape index (κ1) is 24.7. The molecule has 0 aromatic carbocycles. The minimum absolute atomic E-state index is 0.114. The summed E-state index contributed by atoms with van der Waals surface area (Å²) in [6.07, 6.45) is 0.916. The monoisotopic (exact) mass is 457 g/mol. The summed E-state index contributed by atoms with van der Waals surface area (Å²) in [5, 5.41) is 8.70. The molecular weight excluding hydrogens is 423 g/mol. The number of hydrogen-bond donors (Lipinski definition) is 2. The summed E-state index contributed by atoms with van der Waals surface area (Å²) in [5.74, 6) is -3.25. The molecular formula is C22H34F3N5O2. The van der Waals surface area contributed by atoms with E-state index in [2.05, 4.69) is 28.6 Å². The van der Waals surface area contributed by atoms with Gasteiger partial charge in [-0.15, -0.1) is 0 Å². The zero-order valence-electron chi connectivity index (χ0n) is 18.8. The van der Waals surface area contributed by atoms with E-state index in [1.807, 2.05) is 0 Å². The van der Waals surface area contributed by atoms with Crippen LogP contribution in [0.5, 0.6) is 0 Å². The molecule has 3 aliphatic heterocycles. The van der Waals surface area contributed by atoms with E-state index in [1.54, 1.807) is 6.08 Å². The standard InChI is InChI=1S/C22H34F3N5O2/c1-3-4-21(2,30-7-11-32-12-8-30)19(29-5-9-31-10-6-29)14-18(26)16-15-28-20(27)13-17(16)22(23,24)25/h13-17,26H,3-12,27H2,1-2H3/b19-14+,26-18?. The van der Waals surface area contributed by atoms with Gasteiger partial charge >= 0.3 is 6.18 Å². The van der Waals surface area contributed by atoms with Gasteiger partial charge in [0.15, 0.2) is 0 Å². The average molecular weight is 458 g/mol. The third-order valence-electron chi connectivity index (χ3n) is 6.50. The second-order valence-electron chi connectivity index (χ2n) is 8.67. The highest BCUT2D eigenvalue weighted by molar-refractivity contribution is 6.05. The zero-order valence-corrected chi connectivity index (χ0v) is 18.8. The molecule has 0 bridgehead atoms. The number of halogens is 3. The summed E-state index contributed by atoms with van der Waals surface area (Å²) in [5.41, 5.74) is 5.86. The Hall–Kier alpha value is -1.91. The summed E-state index contributed by atoms with van der Waals surface area (Å²) in [4.78, 5) is 8.39. The van der Waals surface area contributed by atoms with Gasteiger partial charge < -0.3 is 25.5 Å². The maximum Gasteiger partial charge on any atom is 0.396 e. The Morgan fingerprint density at radius 3 is 2.34 bits per heavy atom. The predicted molar refractivity (Wildman–Crippen MR) is 118 cm³/mol. The molecule has 2 fully saturated rings. The number of rotatable bonds is 7. The van der Waals surface area contributed by atoms with Crippen molar-refractivity contribution in [2.45, 2.75) is 38.4 Å². The highest BCUT2D eigenvalue weighted by Crippen LogP contribution is 2.38. The van der Waals surface area contributed by atoms with Crippen molar-refractivity contribution in [2.75, 3.05) is 52.6 Å². The van der Waals surface area contributed by atoms with Crippen LogP contribution in [0.15, 0.2) is 28.7 Å². The van der Waals surface area contributed by atoms with Crippen molar-refractivity contribution in [3.05, 3.63) is 23.7 Å². The molecule has 32 heavy (non-hydrogen) atoms. The Kier molecular flexibility index (Phi) is 8.00. The fourth-order valence-electron chi connectivity index (χ4n) is 4.79. The van der Waals surface area contributed by atoms with E-state index < -0.39 is 23.6 Å². The first-order chi connectivity index (χ1) is 15.2. The number of allylic oxidation sites excluding steroid dienone is 2. The van der Waals surface area contributed by atoms with Crippen molar-refractivity contribution in [3.8, 4) is 0 Å². The fourth-order valence-corrected chi connectivity index (χ4v) is 4.79. The summed E-state index contributed by atoms with van der Waals surface area (Å²) in [6.45, 7) is 9.30. The van der Waals surface area contributed by atoms with E-state index in [1.165, 1.54) is 0 Å². The van der Waals surface area contributed by atoms with Crippen LogP contribution in [0.1, 0.15) is 26.7 Å². The smallest absolute Gasteiger partial charge is 0.384 e. The van der Waals surface area contributed by atoms with Crippen LogP contribution < -0.4 is 5.73 Å². The van der Waals surface area contributed by atoms with Gasteiger partial charge in [-0.25, -0.2) is 4.99 Å². The molecule has 0 aromatic heterocycles. The minimum atomic E-state index is -4.52. The quantitative estimate of drug-likeness (QED) is 0.574. The highest BCUT2D eigenvalue weighted by Gasteiger charge is 2.46. The number of nitrogens with two attached hydrogens (primary N) is 1. The lowest BCUT2D eigenvalue weighted by molar-refractivity contribution is -0.164. The molecule has 10 heteroatoms. The van der Waals surface area contributed by atoms with Crippen LogP contribution in [0, 0.1) is 17.2 Å². The topological polar surface area (TPSA) is 87.2 Å². The van der Waals surface area contributed by atoms with Gasteiger partial charge in [0.25, 0.3) is 0 Å². The largest absolute Gasteiger partial charge is 0.396 e. The zero-order chi connectivity index (χ0) is 23.4. The Bertz CT molecular complexity index is 755. The number of hydrogen-bond acceptors (Lipinski definition) is 7. The molecule has 2 saturated heterocycles. The first-order valence-electron chi connectivity index (χ1n) is 11.2. The SMILES string of the molecule is CCCC(C)(/C(=C\C(=N)C1C=NC(N)=CC1C(F)(F)F)N1CCOCC1)N1CCOCC1. The van der Waals surface area contributed by atoms with E-state index in [0.29, 0.717) is 39.5 Å². The number of alkyl halides is 3. The number of nitrogens with one attached hydrogen (secondary N) is 1. The Morgan fingerprint density at radius 1 is 1.19 bits per heavy atom. The van der Waals surface area contributed by atoms with Crippen LogP contribution in [-0.2, 0) is 9.47 Å². The molecule has 0 aliphatic carbocycles. The number of morpholine rings is 2. The molecule has 0 spiro atoms. The Labute approximate surface area is 187 Å². The molecule has 0 amide bonds.